The molecule has 2 heterocycles. The van der Waals surface area contributed by atoms with E-state index in [1.54, 1.807) is 0 Å². The summed E-state index contributed by atoms with van der Waals surface area (Å²) in [5.74, 6) is 0. The molecule has 0 fully saturated rings. The molecule has 0 amide bonds. The van der Waals surface area contributed by atoms with E-state index in [1.165, 1.54) is 132 Å². The Kier molecular flexibility index (Phi) is 9.60. The second-order valence-corrected chi connectivity index (χ2v) is 19.9. The SMILES string of the molecule is Cc1c(C)c(-c2cccs2)c2c(c1-c1cccc(-c3cccc(N)c3N)c1-c1c(C)c(C)c(-c3cccs3)c3c1Cc1cccc(-c4ccccc4)c1-3)Cc1cccc(-c3ccccc3)c1-2. The van der Waals surface area contributed by atoms with Crippen molar-refractivity contribution in [3.8, 4) is 98.8 Å². The van der Waals surface area contributed by atoms with Gasteiger partial charge < -0.3 is 11.5 Å². The maximum absolute atomic E-state index is 7.10. The van der Waals surface area contributed by atoms with Gasteiger partial charge in [-0.15, -0.1) is 22.7 Å². The molecule has 0 aliphatic heterocycles. The first-order valence-electron chi connectivity index (χ1n) is 22.8. The van der Waals surface area contributed by atoms with Gasteiger partial charge in [-0.1, -0.05) is 140 Å². The van der Waals surface area contributed by atoms with E-state index in [1.807, 2.05) is 34.8 Å². The molecule has 0 radical (unpaired) electrons. The molecule has 12 rings (SSSR count). The quantitative estimate of drug-likeness (QED) is 0.157. The zero-order valence-electron chi connectivity index (χ0n) is 37.6. The van der Waals surface area contributed by atoms with Crippen molar-refractivity contribution in [3.63, 3.8) is 0 Å². The van der Waals surface area contributed by atoms with Crippen molar-refractivity contribution in [2.45, 2.75) is 40.5 Å². The standard InChI is InChI=1S/C62H48N2S2/c1-35-37(3)55(51-29-15-31-65-51)60-48(33-41-21-11-23-43(57(41)60)39-17-7-5-8-18-39)53(35)47-27-13-25-45(46-26-14-28-50(63)62(46)64)59(47)54-36(2)38(4)56(52-30-16-32-66-52)61-49(54)34-42-22-12-24-44(58(42)61)40-19-9-6-10-20-40/h5-32H,33-34,63-64H2,1-4H3. The van der Waals surface area contributed by atoms with Crippen LogP contribution in [-0.2, 0) is 12.8 Å². The highest BCUT2D eigenvalue weighted by Crippen LogP contribution is 2.59. The lowest BCUT2D eigenvalue weighted by molar-refractivity contribution is 1.22. The van der Waals surface area contributed by atoms with Gasteiger partial charge in [-0.3, -0.25) is 0 Å². The minimum absolute atomic E-state index is 0.590. The summed E-state index contributed by atoms with van der Waals surface area (Å²) in [6.45, 7) is 9.41. The van der Waals surface area contributed by atoms with Gasteiger partial charge in [-0.05, 0) is 186 Å². The van der Waals surface area contributed by atoms with Crippen LogP contribution >= 0.6 is 22.7 Å². The number of para-hydroxylation sites is 1. The highest BCUT2D eigenvalue weighted by molar-refractivity contribution is 7.14. The molecular formula is C62H48N2S2. The Labute approximate surface area is 395 Å². The van der Waals surface area contributed by atoms with E-state index in [4.69, 9.17) is 11.5 Å². The van der Waals surface area contributed by atoms with E-state index in [9.17, 15) is 0 Å². The van der Waals surface area contributed by atoms with Crippen LogP contribution in [0.4, 0.5) is 11.4 Å². The van der Waals surface area contributed by atoms with E-state index in [2.05, 4.69) is 184 Å². The van der Waals surface area contributed by atoms with E-state index < -0.39 is 0 Å². The summed E-state index contributed by atoms with van der Waals surface area (Å²) in [5.41, 5.74) is 45.9. The van der Waals surface area contributed by atoms with Crippen LogP contribution in [-0.4, -0.2) is 0 Å². The number of hydrogen-bond acceptors (Lipinski definition) is 4. The van der Waals surface area contributed by atoms with Crippen LogP contribution in [0.1, 0.15) is 44.5 Å². The number of rotatable bonds is 7. The molecule has 0 saturated heterocycles. The molecule has 8 aromatic carbocycles. The number of fused-ring (bicyclic) bond motifs is 6. The van der Waals surface area contributed by atoms with Crippen molar-refractivity contribution >= 4 is 34.0 Å². The zero-order valence-corrected chi connectivity index (χ0v) is 39.2. The van der Waals surface area contributed by atoms with Crippen molar-refractivity contribution in [1.82, 2.24) is 0 Å². The van der Waals surface area contributed by atoms with Crippen LogP contribution in [0.3, 0.4) is 0 Å². The number of thiophene rings is 2. The van der Waals surface area contributed by atoms with Gasteiger partial charge in [0.05, 0.1) is 11.4 Å². The largest absolute Gasteiger partial charge is 0.397 e. The Hall–Kier alpha value is -7.24. The maximum Gasteiger partial charge on any atom is 0.0627 e. The van der Waals surface area contributed by atoms with Gasteiger partial charge in [0.1, 0.15) is 0 Å². The summed E-state index contributed by atoms with van der Waals surface area (Å²) in [5, 5.41) is 4.43. The van der Waals surface area contributed by atoms with Crippen LogP contribution in [0, 0.1) is 27.7 Å². The fourth-order valence-electron chi connectivity index (χ4n) is 11.5. The first-order chi connectivity index (χ1) is 32.3. The van der Waals surface area contributed by atoms with Crippen molar-refractivity contribution < 1.29 is 0 Å². The minimum Gasteiger partial charge on any atom is -0.397 e. The summed E-state index contributed by atoms with van der Waals surface area (Å²) >= 11 is 3.66. The third kappa shape index (κ3) is 6.05. The minimum atomic E-state index is 0.590. The van der Waals surface area contributed by atoms with Gasteiger partial charge in [0.25, 0.3) is 0 Å². The molecular weight excluding hydrogens is 837 g/mol. The van der Waals surface area contributed by atoms with E-state index in [0.717, 1.165) is 24.0 Å². The molecule has 2 nitrogen and oxygen atoms in total. The number of hydrogen-bond donors (Lipinski definition) is 2. The highest BCUT2D eigenvalue weighted by Gasteiger charge is 2.36. The molecule has 10 aromatic rings. The van der Waals surface area contributed by atoms with Crippen molar-refractivity contribution in [1.29, 1.82) is 0 Å². The molecule has 0 saturated carbocycles. The molecule has 0 atom stereocenters. The topological polar surface area (TPSA) is 52.0 Å². The number of nitrogen functional groups attached to an aromatic ring is 2. The second-order valence-electron chi connectivity index (χ2n) is 18.0. The monoisotopic (exact) mass is 884 g/mol. The summed E-state index contributed by atoms with van der Waals surface area (Å²) < 4.78 is 0. The van der Waals surface area contributed by atoms with Gasteiger partial charge in [-0.2, -0.15) is 0 Å². The van der Waals surface area contributed by atoms with Gasteiger partial charge >= 0.3 is 0 Å². The molecule has 2 aliphatic rings. The molecule has 0 bridgehead atoms. The van der Waals surface area contributed by atoms with Crippen molar-refractivity contribution in [2.24, 2.45) is 0 Å². The molecule has 4 N–H and O–H groups in total. The molecule has 0 spiro atoms. The Balaban J connectivity index is 1.23. The zero-order chi connectivity index (χ0) is 44.8. The Bertz CT molecular complexity index is 3560. The van der Waals surface area contributed by atoms with E-state index in [-0.39, 0.29) is 0 Å². The Morgan fingerprint density at radius 2 is 0.773 bits per heavy atom. The summed E-state index contributed by atoms with van der Waals surface area (Å²) in [4.78, 5) is 2.60. The average Bonchev–Trinajstić information content (AvgIpc) is 4.20. The molecule has 66 heavy (non-hydrogen) atoms. The predicted molar refractivity (Wildman–Crippen MR) is 285 cm³/mol. The normalized spacial score (nSPS) is 12.2. The molecule has 318 valence electrons. The van der Waals surface area contributed by atoms with Crippen molar-refractivity contribution in [3.05, 3.63) is 213 Å². The first kappa shape index (κ1) is 40.3. The van der Waals surface area contributed by atoms with E-state index >= 15 is 0 Å². The fraction of sp³-hybridized carbons (Fsp3) is 0.0968. The summed E-state index contributed by atoms with van der Waals surface area (Å²) in [6.07, 6.45) is 1.66. The second kappa shape index (κ2) is 15.7. The van der Waals surface area contributed by atoms with Gasteiger partial charge in [0.2, 0.25) is 0 Å². The third-order valence-corrected chi connectivity index (χ3v) is 16.4. The lowest BCUT2D eigenvalue weighted by Crippen LogP contribution is -2.05. The lowest BCUT2D eigenvalue weighted by atomic mass is 9.76. The van der Waals surface area contributed by atoms with Gasteiger partial charge in [-0.25, -0.2) is 0 Å². The number of benzene rings is 8. The van der Waals surface area contributed by atoms with Gasteiger partial charge in [0, 0.05) is 26.4 Å². The maximum atomic E-state index is 7.10. The third-order valence-electron chi connectivity index (χ3n) is 14.6. The molecule has 2 aromatic heterocycles. The van der Waals surface area contributed by atoms with Gasteiger partial charge in [0.15, 0.2) is 0 Å². The predicted octanol–water partition coefficient (Wildman–Crippen LogP) is 17.0. The number of anilines is 2. The molecule has 2 aliphatic carbocycles. The van der Waals surface area contributed by atoms with Crippen LogP contribution in [0.15, 0.2) is 168 Å². The van der Waals surface area contributed by atoms with Crippen LogP contribution in [0.5, 0.6) is 0 Å². The Morgan fingerprint density at radius 1 is 0.333 bits per heavy atom. The first-order valence-corrected chi connectivity index (χ1v) is 24.6. The summed E-state index contributed by atoms with van der Waals surface area (Å²) in [7, 11) is 0. The smallest absolute Gasteiger partial charge is 0.0627 e. The molecule has 0 unspecified atom stereocenters. The average molecular weight is 885 g/mol. The van der Waals surface area contributed by atoms with Crippen LogP contribution < -0.4 is 11.5 Å². The van der Waals surface area contributed by atoms with Crippen LogP contribution in [0.2, 0.25) is 0 Å². The Morgan fingerprint density at radius 3 is 1.30 bits per heavy atom. The van der Waals surface area contributed by atoms with Crippen molar-refractivity contribution in [2.75, 3.05) is 11.5 Å². The number of nitrogens with two attached hydrogens (primary N) is 2. The fourth-order valence-corrected chi connectivity index (χ4v) is 13.1. The lowest BCUT2D eigenvalue weighted by Gasteiger charge is -2.28. The molecule has 4 heteroatoms. The highest BCUT2D eigenvalue weighted by atomic mass is 32.1. The van der Waals surface area contributed by atoms with Crippen LogP contribution in [0.25, 0.3) is 98.8 Å². The van der Waals surface area contributed by atoms with E-state index in [0.29, 0.717) is 11.4 Å². The summed E-state index contributed by atoms with van der Waals surface area (Å²) in [6, 6.07) is 57.7.